The number of H-pyrrole nitrogens is 1. The van der Waals surface area contributed by atoms with Gasteiger partial charge >= 0.3 is 0 Å². The summed E-state index contributed by atoms with van der Waals surface area (Å²) in [5.41, 5.74) is 3.33. The largest absolute Gasteiger partial charge is 0.360 e. The maximum Gasteiger partial charge on any atom is 0.168 e. The van der Waals surface area contributed by atoms with Gasteiger partial charge in [0.1, 0.15) is 0 Å². The summed E-state index contributed by atoms with van der Waals surface area (Å²) in [6.07, 6.45) is 7.45. The summed E-state index contributed by atoms with van der Waals surface area (Å²) in [6, 6.07) is 6.25. The molecule has 1 aromatic carbocycles. The van der Waals surface area contributed by atoms with Gasteiger partial charge in [-0.3, -0.25) is 4.79 Å². The number of aryl methyl sites for hydroxylation is 1. The van der Waals surface area contributed by atoms with E-state index in [4.69, 9.17) is 0 Å². The van der Waals surface area contributed by atoms with Gasteiger partial charge in [0.05, 0.1) is 0 Å². The lowest BCUT2D eigenvalue weighted by Gasteiger charge is -2.06. The van der Waals surface area contributed by atoms with Gasteiger partial charge < -0.3 is 4.98 Å². The number of hydrogen-bond donors (Lipinski definition) is 1. The highest BCUT2D eigenvalue weighted by atomic mass is 16.1. The highest BCUT2D eigenvalue weighted by Crippen LogP contribution is 2.31. The number of benzene rings is 1. The lowest BCUT2D eigenvalue weighted by Crippen LogP contribution is -2.10. The fourth-order valence-electron chi connectivity index (χ4n) is 3.12. The third-order valence-electron chi connectivity index (χ3n) is 4.17. The molecule has 0 amide bonds. The molecule has 18 heavy (non-hydrogen) atoms. The van der Waals surface area contributed by atoms with Gasteiger partial charge in [0, 0.05) is 28.6 Å². The number of ketones is 1. The second-order valence-electron chi connectivity index (χ2n) is 5.24. The van der Waals surface area contributed by atoms with Crippen LogP contribution in [0, 0.1) is 5.92 Å². The van der Waals surface area contributed by atoms with Crippen LogP contribution in [0.4, 0.5) is 0 Å². The fraction of sp³-hybridized carbons (Fsp3) is 0.438. The molecule has 0 atom stereocenters. The van der Waals surface area contributed by atoms with Gasteiger partial charge in [-0.15, -0.1) is 0 Å². The highest BCUT2D eigenvalue weighted by Gasteiger charge is 2.25. The number of nitrogens with one attached hydrogen (secondary N) is 1. The molecule has 2 heteroatoms. The molecule has 1 saturated carbocycles. The summed E-state index contributed by atoms with van der Waals surface area (Å²) < 4.78 is 0. The minimum Gasteiger partial charge on any atom is -0.360 e. The number of rotatable bonds is 3. The molecule has 1 aromatic heterocycles. The molecule has 2 nitrogen and oxygen atoms in total. The molecule has 1 aliphatic rings. The molecular weight excluding hydrogens is 222 g/mol. The molecular formula is C16H19NO. The number of hydrogen-bond acceptors (Lipinski definition) is 1. The number of aromatic amines is 1. The van der Waals surface area contributed by atoms with Gasteiger partial charge in [-0.1, -0.05) is 38.0 Å². The van der Waals surface area contributed by atoms with E-state index in [-0.39, 0.29) is 5.92 Å². The Labute approximate surface area is 107 Å². The van der Waals surface area contributed by atoms with E-state index in [1.807, 2.05) is 6.20 Å². The van der Waals surface area contributed by atoms with Crippen LogP contribution in [0.25, 0.3) is 10.9 Å². The molecule has 0 spiro atoms. The Kier molecular flexibility index (Phi) is 2.94. The molecule has 2 aromatic rings. The van der Waals surface area contributed by atoms with E-state index < -0.39 is 0 Å². The summed E-state index contributed by atoms with van der Waals surface area (Å²) >= 11 is 0. The lowest BCUT2D eigenvalue weighted by molar-refractivity contribution is 0.0924. The summed E-state index contributed by atoms with van der Waals surface area (Å²) in [5.74, 6) is 0.598. The molecule has 1 aliphatic carbocycles. The van der Waals surface area contributed by atoms with Crippen molar-refractivity contribution in [3.05, 3.63) is 35.5 Å². The van der Waals surface area contributed by atoms with E-state index in [1.165, 1.54) is 18.4 Å². The fourth-order valence-corrected chi connectivity index (χ4v) is 3.12. The Morgan fingerprint density at radius 3 is 2.83 bits per heavy atom. The van der Waals surface area contributed by atoms with E-state index in [0.717, 1.165) is 35.7 Å². The minimum absolute atomic E-state index is 0.259. The van der Waals surface area contributed by atoms with Crippen LogP contribution >= 0.6 is 0 Å². The second-order valence-corrected chi connectivity index (χ2v) is 5.24. The highest BCUT2D eigenvalue weighted by molar-refractivity contribution is 6.09. The zero-order valence-electron chi connectivity index (χ0n) is 10.8. The Balaban J connectivity index is 2.04. The van der Waals surface area contributed by atoms with Gasteiger partial charge in [-0.2, -0.15) is 0 Å². The van der Waals surface area contributed by atoms with Gasteiger partial charge in [0.25, 0.3) is 0 Å². The summed E-state index contributed by atoms with van der Waals surface area (Å²) in [7, 11) is 0. The predicted molar refractivity (Wildman–Crippen MR) is 74.0 cm³/mol. The van der Waals surface area contributed by atoms with Crippen LogP contribution in [0.1, 0.15) is 48.5 Å². The van der Waals surface area contributed by atoms with Crippen molar-refractivity contribution in [3.63, 3.8) is 0 Å². The van der Waals surface area contributed by atoms with Crippen LogP contribution < -0.4 is 0 Å². The smallest absolute Gasteiger partial charge is 0.168 e. The lowest BCUT2D eigenvalue weighted by atomic mass is 9.95. The van der Waals surface area contributed by atoms with Crippen molar-refractivity contribution in [1.82, 2.24) is 4.98 Å². The summed E-state index contributed by atoms with van der Waals surface area (Å²) in [6.45, 7) is 2.15. The first-order valence-electron chi connectivity index (χ1n) is 6.94. The van der Waals surface area contributed by atoms with E-state index in [2.05, 4.69) is 30.1 Å². The molecule has 0 aliphatic heterocycles. The molecule has 0 saturated heterocycles. The average Bonchev–Trinajstić information content (AvgIpc) is 3.06. The number of fused-ring (bicyclic) bond motifs is 1. The molecule has 0 bridgehead atoms. The summed E-state index contributed by atoms with van der Waals surface area (Å²) in [4.78, 5) is 15.8. The van der Waals surface area contributed by atoms with Crippen LogP contribution in [0.15, 0.2) is 24.4 Å². The Hall–Kier alpha value is -1.57. The van der Waals surface area contributed by atoms with Crippen LogP contribution in [-0.2, 0) is 6.42 Å². The monoisotopic (exact) mass is 241 g/mol. The number of para-hydroxylation sites is 1. The molecule has 0 unspecified atom stereocenters. The molecule has 1 N–H and O–H groups in total. The molecule has 0 radical (unpaired) electrons. The Bertz CT molecular complexity index is 576. The topological polar surface area (TPSA) is 32.9 Å². The first kappa shape index (κ1) is 11.5. The number of carbonyl (C=O) groups is 1. The van der Waals surface area contributed by atoms with Crippen molar-refractivity contribution in [2.75, 3.05) is 0 Å². The Morgan fingerprint density at radius 1 is 1.33 bits per heavy atom. The molecule has 94 valence electrons. The van der Waals surface area contributed by atoms with Gasteiger partial charge in [0.2, 0.25) is 0 Å². The van der Waals surface area contributed by atoms with E-state index in [9.17, 15) is 4.79 Å². The number of Topliss-reactive ketones (excluding diaryl/α,β-unsaturated/α-hetero) is 1. The maximum atomic E-state index is 12.5. The number of aromatic nitrogens is 1. The third-order valence-corrected chi connectivity index (χ3v) is 4.17. The summed E-state index contributed by atoms with van der Waals surface area (Å²) in [5, 5.41) is 1.10. The SMILES string of the molecule is CCc1cccc2c(C(=O)C3CCCC3)c[nH]c12. The van der Waals surface area contributed by atoms with Crippen molar-refractivity contribution in [2.24, 2.45) is 5.92 Å². The zero-order valence-corrected chi connectivity index (χ0v) is 10.8. The van der Waals surface area contributed by atoms with Crippen molar-refractivity contribution in [2.45, 2.75) is 39.0 Å². The van der Waals surface area contributed by atoms with Crippen molar-refractivity contribution >= 4 is 16.7 Å². The number of carbonyl (C=O) groups excluding carboxylic acids is 1. The van der Waals surface area contributed by atoms with Gasteiger partial charge in [0.15, 0.2) is 5.78 Å². The predicted octanol–water partition coefficient (Wildman–Crippen LogP) is 4.10. The van der Waals surface area contributed by atoms with Crippen molar-refractivity contribution in [1.29, 1.82) is 0 Å². The maximum absolute atomic E-state index is 12.5. The second kappa shape index (κ2) is 4.60. The Morgan fingerprint density at radius 2 is 2.11 bits per heavy atom. The average molecular weight is 241 g/mol. The first-order valence-corrected chi connectivity index (χ1v) is 6.94. The quantitative estimate of drug-likeness (QED) is 0.806. The van der Waals surface area contributed by atoms with Crippen molar-refractivity contribution < 1.29 is 4.79 Å². The third kappa shape index (κ3) is 1.76. The van der Waals surface area contributed by atoms with E-state index in [1.54, 1.807) is 0 Å². The van der Waals surface area contributed by atoms with E-state index >= 15 is 0 Å². The standard InChI is InChI=1S/C16H19NO/c1-2-11-8-5-9-13-14(10-17-15(11)13)16(18)12-6-3-4-7-12/h5,8-10,12,17H,2-4,6-7H2,1H3. The van der Waals surface area contributed by atoms with E-state index in [0.29, 0.717) is 5.78 Å². The minimum atomic E-state index is 0.259. The zero-order chi connectivity index (χ0) is 12.5. The van der Waals surface area contributed by atoms with Crippen LogP contribution in [0.2, 0.25) is 0 Å². The molecule has 3 rings (SSSR count). The normalized spacial score (nSPS) is 16.5. The van der Waals surface area contributed by atoms with Crippen LogP contribution in [-0.4, -0.2) is 10.8 Å². The first-order chi connectivity index (χ1) is 8.81. The molecule has 1 heterocycles. The van der Waals surface area contributed by atoms with Crippen LogP contribution in [0.5, 0.6) is 0 Å². The van der Waals surface area contributed by atoms with Gasteiger partial charge in [-0.05, 0) is 24.8 Å². The van der Waals surface area contributed by atoms with Gasteiger partial charge in [-0.25, -0.2) is 0 Å². The van der Waals surface area contributed by atoms with Crippen LogP contribution in [0.3, 0.4) is 0 Å². The molecule has 1 fully saturated rings. The van der Waals surface area contributed by atoms with Crippen molar-refractivity contribution in [3.8, 4) is 0 Å².